The van der Waals surface area contributed by atoms with E-state index in [2.05, 4.69) is 12.1 Å². The Balaban J connectivity index is 1.26. The lowest BCUT2D eigenvalue weighted by molar-refractivity contribution is -0.161. The molecule has 3 aliphatic rings. The molecule has 2 aliphatic heterocycles. The fourth-order valence-corrected chi connectivity index (χ4v) is 12.9. The van der Waals surface area contributed by atoms with Gasteiger partial charge in [-0.2, -0.15) is 0 Å². The second-order valence-corrected chi connectivity index (χ2v) is 17.8. The van der Waals surface area contributed by atoms with Crippen molar-refractivity contribution in [2.45, 2.75) is 91.1 Å². The van der Waals surface area contributed by atoms with Gasteiger partial charge in [-0.15, -0.1) is 0 Å². The largest absolute Gasteiger partial charge is 0.500 e. The Morgan fingerprint density at radius 3 is 1.17 bits per heavy atom. The molecule has 48 heavy (non-hydrogen) atoms. The molecule has 2 aromatic carbocycles. The van der Waals surface area contributed by atoms with Crippen molar-refractivity contribution in [1.82, 2.24) is 0 Å². The van der Waals surface area contributed by atoms with E-state index in [1.165, 1.54) is 0 Å². The Morgan fingerprint density at radius 1 is 0.521 bits per heavy atom. The number of carbonyl (C=O) groups is 2. The van der Waals surface area contributed by atoms with Gasteiger partial charge in [0.2, 0.25) is 0 Å². The number of esters is 2. The van der Waals surface area contributed by atoms with Crippen molar-refractivity contribution in [2.75, 3.05) is 39.6 Å². The van der Waals surface area contributed by atoms with Crippen LogP contribution in [0.15, 0.2) is 36.4 Å². The van der Waals surface area contributed by atoms with E-state index in [1.54, 1.807) is 0 Å². The smallest absolute Gasteiger partial charge is 0.426 e. The van der Waals surface area contributed by atoms with Gasteiger partial charge in [0.15, 0.2) is 0 Å². The molecule has 1 fully saturated rings. The van der Waals surface area contributed by atoms with Gasteiger partial charge in [-0.25, -0.2) is 0 Å². The van der Waals surface area contributed by atoms with Crippen molar-refractivity contribution >= 4 is 29.5 Å². The van der Waals surface area contributed by atoms with Crippen LogP contribution in [-0.4, -0.2) is 69.2 Å². The molecule has 0 saturated heterocycles. The Bertz CT molecular complexity index is 1270. The first-order chi connectivity index (χ1) is 23.3. The van der Waals surface area contributed by atoms with Gasteiger partial charge in [0.25, 0.3) is 0 Å². The van der Waals surface area contributed by atoms with Crippen molar-refractivity contribution in [3.05, 3.63) is 58.7 Å². The summed E-state index contributed by atoms with van der Waals surface area (Å²) in [6.07, 6.45) is 3.15. The highest BCUT2D eigenvalue weighted by atomic mass is 28.4. The maximum absolute atomic E-state index is 13.5. The van der Waals surface area contributed by atoms with Crippen LogP contribution in [0.25, 0.3) is 0 Å². The van der Waals surface area contributed by atoms with E-state index in [0.29, 0.717) is 63.2 Å². The van der Waals surface area contributed by atoms with Crippen LogP contribution in [0.2, 0.25) is 12.1 Å². The summed E-state index contributed by atoms with van der Waals surface area (Å²) in [6, 6.07) is 13.5. The summed E-state index contributed by atoms with van der Waals surface area (Å²) < 4.78 is 47.9. The summed E-state index contributed by atoms with van der Waals surface area (Å²) in [6.45, 7) is 15.0. The predicted molar refractivity (Wildman–Crippen MR) is 184 cm³/mol. The number of ether oxygens (including phenoxy) is 2. The molecule has 0 amide bonds. The van der Waals surface area contributed by atoms with Crippen LogP contribution in [0, 0.1) is 11.8 Å². The number of benzene rings is 2. The first-order valence-electron chi connectivity index (χ1n) is 17.8. The van der Waals surface area contributed by atoms with E-state index in [1.807, 2.05) is 65.8 Å². The van der Waals surface area contributed by atoms with E-state index in [0.717, 1.165) is 47.9 Å². The van der Waals surface area contributed by atoms with Crippen LogP contribution in [0.5, 0.6) is 11.5 Å². The lowest BCUT2D eigenvalue weighted by atomic mass is 9.51. The molecule has 0 aromatic heterocycles. The topological polar surface area (TPSA) is 108 Å². The number of fused-ring (bicyclic) bond motifs is 8. The standard InChI is InChI=1S/C36H52O10Si2/c1-7-39-47(40-8-2,41-9-3)21-13-15-25-17-19-27-29(23-25)45-35(37)33-31(27)34-32(33)28-20-18-26(24-30(28)46-36(34)38)16-14-22-48(42-10-4,43-11-5)44-12-6/h17-20,23-24,31-34H,7-16,21-22H2,1-6H3. The van der Waals surface area contributed by atoms with Gasteiger partial charge in [-0.1, -0.05) is 24.3 Å². The Labute approximate surface area is 287 Å². The molecular weight excluding hydrogens is 649 g/mol. The van der Waals surface area contributed by atoms with Crippen molar-refractivity contribution < 1.29 is 45.6 Å². The normalized spacial score (nSPS) is 21.4. The molecule has 0 N–H and O–H groups in total. The molecule has 0 spiro atoms. The average Bonchev–Trinajstić information content (AvgIpc) is 3.03. The second kappa shape index (κ2) is 16.5. The van der Waals surface area contributed by atoms with Crippen LogP contribution in [-0.2, 0) is 49.0 Å². The maximum Gasteiger partial charge on any atom is 0.500 e. The molecular formula is C36H52O10Si2. The molecule has 12 heteroatoms. The number of carbonyl (C=O) groups excluding carboxylic acids is 2. The summed E-state index contributed by atoms with van der Waals surface area (Å²) >= 11 is 0. The minimum Gasteiger partial charge on any atom is -0.426 e. The lowest BCUT2D eigenvalue weighted by Crippen LogP contribution is -2.56. The monoisotopic (exact) mass is 700 g/mol. The molecule has 264 valence electrons. The molecule has 5 rings (SSSR count). The van der Waals surface area contributed by atoms with Gasteiger partial charge in [0.1, 0.15) is 11.5 Å². The molecule has 2 heterocycles. The summed E-state index contributed by atoms with van der Waals surface area (Å²) in [5.41, 5.74) is 3.90. The average molecular weight is 701 g/mol. The lowest BCUT2D eigenvalue weighted by Gasteiger charge is -2.53. The summed E-state index contributed by atoms with van der Waals surface area (Å²) in [5.74, 6) is -0.843. The summed E-state index contributed by atoms with van der Waals surface area (Å²) in [5, 5.41) is 0. The Hall–Kier alpha value is -2.43. The highest BCUT2D eigenvalue weighted by Crippen LogP contribution is 2.64. The summed E-state index contributed by atoms with van der Waals surface area (Å²) in [7, 11) is -5.47. The third-order valence-electron chi connectivity index (χ3n) is 9.47. The van der Waals surface area contributed by atoms with Crippen molar-refractivity contribution in [1.29, 1.82) is 0 Å². The van der Waals surface area contributed by atoms with Gasteiger partial charge >= 0.3 is 29.5 Å². The third kappa shape index (κ3) is 7.66. The molecule has 2 aromatic rings. The first kappa shape index (κ1) is 36.8. The number of aryl methyl sites for hydroxylation is 2. The zero-order valence-corrected chi connectivity index (χ0v) is 31.3. The number of hydrogen-bond donors (Lipinski definition) is 0. The van der Waals surface area contributed by atoms with Gasteiger partial charge < -0.3 is 36.0 Å². The van der Waals surface area contributed by atoms with E-state index >= 15 is 0 Å². The van der Waals surface area contributed by atoms with Crippen LogP contribution in [0.4, 0.5) is 0 Å². The molecule has 1 saturated carbocycles. The minimum absolute atomic E-state index is 0.261. The van der Waals surface area contributed by atoms with Gasteiger partial charge in [-0.05, 0) is 102 Å². The second-order valence-electron chi connectivity index (χ2n) is 12.4. The number of rotatable bonds is 20. The van der Waals surface area contributed by atoms with E-state index in [-0.39, 0.29) is 23.8 Å². The molecule has 0 bridgehead atoms. The molecule has 0 unspecified atom stereocenters. The fraction of sp³-hybridized carbons (Fsp3) is 0.611. The van der Waals surface area contributed by atoms with Gasteiger partial charge in [0.05, 0.1) is 11.8 Å². The highest BCUT2D eigenvalue weighted by molar-refractivity contribution is 6.61. The number of hydrogen-bond acceptors (Lipinski definition) is 10. The third-order valence-corrected chi connectivity index (χ3v) is 15.8. The minimum atomic E-state index is -2.73. The molecule has 1 aliphatic carbocycles. The van der Waals surface area contributed by atoms with Crippen LogP contribution in [0.1, 0.15) is 88.5 Å². The first-order valence-corrected chi connectivity index (χ1v) is 21.7. The van der Waals surface area contributed by atoms with Crippen LogP contribution in [0.3, 0.4) is 0 Å². The quantitative estimate of drug-likeness (QED) is 0.0852. The zero-order chi connectivity index (χ0) is 34.3. The van der Waals surface area contributed by atoms with E-state index in [9.17, 15) is 9.59 Å². The zero-order valence-electron chi connectivity index (χ0n) is 29.3. The highest BCUT2D eigenvalue weighted by Gasteiger charge is 2.64. The van der Waals surface area contributed by atoms with E-state index in [4.69, 9.17) is 36.0 Å². The van der Waals surface area contributed by atoms with Crippen LogP contribution >= 0.6 is 0 Å². The van der Waals surface area contributed by atoms with Crippen molar-refractivity contribution in [3.8, 4) is 11.5 Å². The maximum atomic E-state index is 13.5. The van der Waals surface area contributed by atoms with Gasteiger partial charge in [0, 0.05) is 63.6 Å². The van der Waals surface area contributed by atoms with Gasteiger partial charge in [-0.3, -0.25) is 9.59 Å². The SMILES string of the molecule is CCO[Si](CCCc1ccc2c(c1)OC(=O)C1C2C2C(=O)Oc3cc(CCC[Si](OCC)(OCC)OCC)ccc3C12)(OCC)OCC. The van der Waals surface area contributed by atoms with Crippen LogP contribution < -0.4 is 9.47 Å². The van der Waals surface area contributed by atoms with Crippen molar-refractivity contribution in [3.63, 3.8) is 0 Å². The molecule has 10 nitrogen and oxygen atoms in total. The van der Waals surface area contributed by atoms with E-state index < -0.39 is 29.4 Å². The Kier molecular flexibility index (Phi) is 12.7. The Morgan fingerprint density at radius 2 is 0.854 bits per heavy atom. The molecule has 0 radical (unpaired) electrons. The predicted octanol–water partition coefficient (Wildman–Crippen LogP) is 6.60. The fourth-order valence-electron chi connectivity index (χ4n) is 7.68. The molecule has 0 atom stereocenters. The van der Waals surface area contributed by atoms with Crippen molar-refractivity contribution in [2.24, 2.45) is 11.8 Å². The summed E-state index contributed by atoms with van der Waals surface area (Å²) in [4.78, 5) is 26.9.